The first-order valence-corrected chi connectivity index (χ1v) is 7.67. The molecule has 3 rings (SSSR count). The number of hydrogen-bond acceptors (Lipinski definition) is 4. The monoisotopic (exact) mass is 316 g/mol. The van der Waals surface area contributed by atoms with E-state index in [4.69, 9.17) is 4.74 Å². The number of para-hydroxylation sites is 1. The van der Waals surface area contributed by atoms with E-state index in [9.17, 15) is 14.4 Å². The summed E-state index contributed by atoms with van der Waals surface area (Å²) in [6.45, 7) is 4.86. The highest BCUT2D eigenvalue weighted by atomic mass is 16.5. The maximum absolute atomic E-state index is 12.2. The molecule has 0 bridgehead atoms. The molecule has 0 aliphatic carbocycles. The van der Waals surface area contributed by atoms with E-state index in [1.807, 2.05) is 19.1 Å². The summed E-state index contributed by atoms with van der Waals surface area (Å²) < 4.78 is 5.30. The van der Waals surface area contributed by atoms with Crippen LogP contribution in [-0.2, 0) is 14.4 Å². The van der Waals surface area contributed by atoms with Gasteiger partial charge < -0.3 is 15.0 Å². The van der Waals surface area contributed by atoms with Crippen LogP contribution in [0.25, 0.3) is 0 Å². The fraction of sp³-hybridized carbons (Fsp3) is 0.471. The van der Waals surface area contributed by atoms with Crippen molar-refractivity contribution in [1.82, 2.24) is 10.2 Å². The molecule has 0 spiro atoms. The minimum atomic E-state index is -0.399. The minimum absolute atomic E-state index is 0.0320. The van der Waals surface area contributed by atoms with Gasteiger partial charge in [0.2, 0.25) is 11.8 Å². The molecule has 0 unspecified atom stereocenters. The molecule has 1 aromatic rings. The van der Waals surface area contributed by atoms with Gasteiger partial charge in [-0.1, -0.05) is 25.1 Å². The molecule has 2 amide bonds. The van der Waals surface area contributed by atoms with Gasteiger partial charge in [-0.2, -0.15) is 0 Å². The Kier molecular flexibility index (Phi) is 3.62. The first-order chi connectivity index (χ1) is 10.8. The zero-order valence-electron chi connectivity index (χ0n) is 13.5. The molecule has 2 saturated heterocycles. The third-order valence-corrected chi connectivity index (χ3v) is 4.69. The SMILES string of the molecule is CC(=O)Oc1ccccc1[C@@H]1C[C@]2(C)CC(=O)N[C@@H]2N1C(C)=O. The average molecular weight is 316 g/mol. The van der Waals surface area contributed by atoms with Crippen LogP contribution in [-0.4, -0.2) is 28.8 Å². The summed E-state index contributed by atoms with van der Waals surface area (Å²) in [5, 5.41) is 2.91. The number of nitrogens with one attached hydrogen (secondary N) is 1. The van der Waals surface area contributed by atoms with Crippen molar-refractivity contribution in [3.8, 4) is 5.75 Å². The second-order valence-corrected chi connectivity index (χ2v) is 6.58. The lowest BCUT2D eigenvalue weighted by Gasteiger charge is -2.30. The predicted molar refractivity (Wildman–Crippen MR) is 82.3 cm³/mol. The van der Waals surface area contributed by atoms with E-state index >= 15 is 0 Å². The van der Waals surface area contributed by atoms with E-state index in [0.29, 0.717) is 18.6 Å². The lowest BCUT2D eigenvalue weighted by Crippen LogP contribution is -2.46. The minimum Gasteiger partial charge on any atom is -0.426 e. The van der Waals surface area contributed by atoms with Gasteiger partial charge in [0.15, 0.2) is 0 Å². The number of likely N-dealkylation sites (tertiary alicyclic amines) is 1. The van der Waals surface area contributed by atoms with E-state index in [2.05, 4.69) is 5.32 Å². The third kappa shape index (κ3) is 2.58. The Morgan fingerprint density at radius 2 is 2.00 bits per heavy atom. The van der Waals surface area contributed by atoms with Gasteiger partial charge in [-0.25, -0.2) is 0 Å². The Labute approximate surface area is 134 Å². The van der Waals surface area contributed by atoms with Gasteiger partial charge in [0.05, 0.1) is 6.04 Å². The van der Waals surface area contributed by atoms with Crippen molar-refractivity contribution in [2.24, 2.45) is 5.41 Å². The zero-order valence-corrected chi connectivity index (χ0v) is 13.5. The Bertz CT molecular complexity index is 687. The highest BCUT2D eigenvalue weighted by molar-refractivity contribution is 5.83. The van der Waals surface area contributed by atoms with Crippen molar-refractivity contribution in [3.63, 3.8) is 0 Å². The second-order valence-electron chi connectivity index (χ2n) is 6.58. The highest BCUT2D eigenvalue weighted by Crippen LogP contribution is 2.52. The van der Waals surface area contributed by atoms with Gasteiger partial charge in [-0.15, -0.1) is 0 Å². The number of rotatable bonds is 2. The number of benzene rings is 1. The molecule has 2 heterocycles. The van der Waals surface area contributed by atoms with E-state index < -0.39 is 5.97 Å². The molecule has 2 aliphatic rings. The fourth-order valence-corrected chi connectivity index (χ4v) is 3.82. The van der Waals surface area contributed by atoms with Crippen LogP contribution in [0, 0.1) is 5.41 Å². The number of nitrogens with zero attached hydrogens (tertiary/aromatic N) is 1. The fourth-order valence-electron chi connectivity index (χ4n) is 3.82. The van der Waals surface area contributed by atoms with Gasteiger partial charge in [0.1, 0.15) is 11.9 Å². The van der Waals surface area contributed by atoms with Gasteiger partial charge in [0.25, 0.3) is 0 Å². The molecule has 122 valence electrons. The van der Waals surface area contributed by atoms with Gasteiger partial charge in [-0.3, -0.25) is 14.4 Å². The standard InChI is InChI=1S/C17H20N2O4/c1-10(20)19-13(8-17(3)9-15(22)18-16(17)19)12-6-4-5-7-14(12)23-11(2)21/h4-7,13,16H,8-9H2,1-3H3,(H,18,22)/t13-,16+,17+/m0/s1. The van der Waals surface area contributed by atoms with Crippen molar-refractivity contribution in [3.05, 3.63) is 29.8 Å². The number of ether oxygens (including phenoxy) is 1. The van der Waals surface area contributed by atoms with Crippen molar-refractivity contribution in [1.29, 1.82) is 0 Å². The molecule has 2 fully saturated rings. The second kappa shape index (κ2) is 5.37. The Hall–Kier alpha value is -2.37. The van der Waals surface area contributed by atoms with E-state index in [-0.39, 0.29) is 29.4 Å². The lowest BCUT2D eigenvalue weighted by molar-refractivity contribution is -0.133. The summed E-state index contributed by atoms with van der Waals surface area (Å²) in [6.07, 6.45) is 0.727. The summed E-state index contributed by atoms with van der Waals surface area (Å²) in [6, 6.07) is 7.02. The summed E-state index contributed by atoms with van der Waals surface area (Å²) in [4.78, 5) is 37.0. The third-order valence-electron chi connectivity index (χ3n) is 4.69. The number of esters is 1. The molecule has 6 nitrogen and oxygen atoms in total. The number of hydrogen-bond donors (Lipinski definition) is 1. The molecule has 0 aromatic heterocycles. The lowest BCUT2D eigenvalue weighted by atomic mass is 9.83. The zero-order chi connectivity index (χ0) is 16.8. The van der Waals surface area contributed by atoms with Crippen LogP contribution in [0.15, 0.2) is 24.3 Å². The summed E-state index contributed by atoms with van der Waals surface area (Å²) in [5.74, 6) is -0.0743. The predicted octanol–water partition coefficient (Wildman–Crippen LogP) is 1.76. The molecule has 1 aromatic carbocycles. The number of carbonyl (C=O) groups excluding carboxylic acids is 3. The van der Waals surface area contributed by atoms with Crippen molar-refractivity contribution in [2.75, 3.05) is 0 Å². The number of fused-ring (bicyclic) bond motifs is 1. The largest absolute Gasteiger partial charge is 0.426 e. The van der Waals surface area contributed by atoms with E-state index in [1.54, 1.807) is 17.0 Å². The molecule has 0 saturated carbocycles. The summed E-state index contributed by atoms with van der Waals surface area (Å²) in [7, 11) is 0. The molecule has 1 N–H and O–H groups in total. The molecular weight excluding hydrogens is 296 g/mol. The smallest absolute Gasteiger partial charge is 0.308 e. The average Bonchev–Trinajstić information content (AvgIpc) is 2.86. The molecular formula is C17H20N2O4. The maximum Gasteiger partial charge on any atom is 0.308 e. The Morgan fingerprint density at radius 1 is 1.30 bits per heavy atom. The molecule has 3 atom stereocenters. The quantitative estimate of drug-likeness (QED) is 0.666. The molecule has 2 aliphatic heterocycles. The highest BCUT2D eigenvalue weighted by Gasteiger charge is 2.56. The van der Waals surface area contributed by atoms with E-state index in [0.717, 1.165) is 5.56 Å². The van der Waals surface area contributed by atoms with Gasteiger partial charge in [-0.05, 0) is 12.5 Å². The van der Waals surface area contributed by atoms with Crippen LogP contribution in [0.5, 0.6) is 5.75 Å². The topological polar surface area (TPSA) is 75.7 Å². The normalized spacial score (nSPS) is 29.2. The van der Waals surface area contributed by atoms with E-state index in [1.165, 1.54) is 13.8 Å². The Morgan fingerprint density at radius 3 is 2.65 bits per heavy atom. The van der Waals surface area contributed by atoms with Crippen LogP contribution < -0.4 is 10.1 Å². The summed E-state index contributed by atoms with van der Waals surface area (Å²) in [5.41, 5.74) is 0.485. The van der Waals surface area contributed by atoms with Crippen LogP contribution in [0.3, 0.4) is 0 Å². The number of amides is 2. The first kappa shape index (κ1) is 15.5. The maximum atomic E-state index is 12.2. The van der Waals surface area contributed by atoms with Crippen LogP contribution >= 0.6 is 0 Å². The molecule has 0 radical (unpaired) electrons. The van der Waals surface area contributed by atoms with Crippen LogP contribution in [0.1, 0.15) is 45.2 Å². The number of carbonyl (C=O) groups is 3. The first-order valence-electron chi connectivity index (χ1n) is 7.67. The van der Waals surface area contributed by atoms with Crippen molar-refractivity contribution in [2.45, 2.75) is 45.8 Å². The summed E-state index contributed by atoms with van der Waals surface area (Å²) >= 11 is 0. The van der Waals surface area contributed by atoms with Gasteiger partial charge >= 0.3 is 5.97 Å². The molecule has 6 heteroatoms. The molecule has 23 heavy (non-hydrogen) atoms. The van der Waals surface area contributed by atoms with Crippen molar-refractivity contribution >= 4 is 17.8 Å². The van der Waals surface area contributed by atoms with Crippen LogP contribution in [0.2, 0.25) is 0 Å². The van der Waals surface area contributed by atoms with Crippen molar-refractivity contribution < 1.29 is 19.1 Å². The van der Waals surface area contributed by atoms with Gasteiger partial charge in [0, 0.05) is 31.2 Å². The van der Waals surface area contributed by atoms with Crippen LogP contribution in [0.4, 0.5) is 0 Å². The Balaban J connectivity index is 2.02.